The van der Waals surface area contributed by atoms with Gasteiger partial charge in [-0.05, 0) is 99.3 Å². The average Bonchev–Trinajstić information content (AvgIpc) is 3.01. The van der Waals surface area contributed by atoms with Gasteiger partial charge in [0.25, 0.3) is 5.91 Å². The molecule has 0 radical (unpaired) electrons. The molecule has 2 aromatic rings. The van der Waals surface area contributed by atoms with Crippen LogP contribution in [0.25, 0.3) is 11.1 Å². The highest BCUT2D eigenvalue weighted by Crippen LogP contribution is 2.32. The highest BCUT2D eigenvalue weighted by molar-refractivity contribution is 7.98. The van der Waals surface area contributed by atoms with Gasteiger partial charge in [0.1, 0.15) is 11.6 Å². The zero-order chi connectivity index (χ0) is 33.0. The average molecular weight is 641 g/mol. The minimum absolute atomic E-state index is 0.0256. The van der Waals surface area contributed by atoms with Crippen molar-refractivity contribution in [2.75, 3.05) is 25.7 Å². The maximum Gasteiger partial charge on any atom is 0.410 e. The van der Waals surface area contributed by atoms with Crippen LogP contribution < -0.4 is 5.32 Å². The van der Waals surface area contributed by atoms with E-state index in [2.05, 4.69) is 5.32 Å². The molecule has 0 unspecified atom stereocenters. The lowest BCUT2D eigenvalue weighted by Crippen LogP contribution is -2.44. The number of carbonyl (C=O) groups is 3. The molecule has 248 valence electrons. The van der Waals surface area contributed by atoms with Gasteiger partial charge in [0.2, 0.25) is 0 Å². The lowest BCUT2D eigenvalue weighted by atomic mass is 9.84. The maximum absolute atomic E-state index is 13.7. The molecule has 2 atom stereocenters. The summed E-state index contributed by atoms with van der Waals surface area (Å²) in [4.78, 5) is 41.7. The van der Waals surface area contributed by atoms with E-state index >= 15 is 0 Å². The van der Waals surface area contributed by atoms with Gasteiger partial charge in [-0.25, -0.2) is 9.59 Å². The summed E-state index contributed by atoms with van der Waals surface area (Å²) in [6.07, 6.45) is 9.18. The molecule has 3 rings (SSSR count). The summed E-state index contributed by atoms with van der Waals surface area (Å²) >= 11 is 1.60. The van der Waals surface area contributed by atoms with Gasteiger partial charge in [0.05, 0.1) is 7.11 Å². The Kier molecular flexibility index (Phi) is 14.2. The molecule has 0 saturated heterocycles. The summed E-state index contributed by atoms with van der Waals surface area (Å²) in [6, 6.07) is 12.5. The van der Waals surface area contributed by atoms with Gasteiger partial charge in [-0.1, -0.05) is 62.4 Å². The van der Waals surface area contributed by atoms with Crippen LogP contribution in [0.3, 0.4) is 0 Å². The summed E-state index contributed by atoms with van der Waals surface area (Å²) in [7, 11) is 1.32. The number of carbonyl (C=O) groups excluding carboxylic acids is 3. The van der Waals surface area contributed by atoms with Crippen LogP contribution in [0.2, 0.25) is 0 Å². The third kappa shape index (κ3) is 11.1. The van der Waals surface area contributed by atoms with Crippen molar-refractivity contribution in [1.82, 2.24) is 10.2 Å². The quantitative estimate of drug-likeness (QED) is 0.211. The minimum Gasteiger partial charge on any atom is -0.467 e. The maximum atomic E-state index is 13.7. The number of aryl methyl sites for hydroxylation is 1. The Morgan fingerprint density at radius 3 is 2.38 bits per heavy atom. The first-order chi connectivity index (χ1) is 21.5. The van der Waals surface area contributed by atoms with Crippen LogP contribution in [0.1, 0.15) is 93.6 Å². The van der Waals surface area contributed by atoms with Gasteiger partial charge in [-0.3, -0.25) is 4.79 Å². The molecule has 1 saturated carbocycles. The first-order valence-electron chi connectivity index (χ1n) is 16.1. The SMILES string of the molecule is COC(=O)[C@H](CCSC)NC(=O)c1ccc(CN(C(=O)OC(C)(C)C)[C@H](CCO)CC2CCCCC2)cc1-c1ccccc1C. The number of hydrogen-bond acceptors (Lipinski definition) is 7. The molecular formula is C36H52N2O6S. The molecule has 0 aromatic heterocycles. The smallest absolute Gasteiger partial charge is 0.410 e. The largest absolute Gasteiger partial charge is 0.467 e. The van der Waals surface area contributed by atoms with Crippen LogP contribution in [0.15, 0.2) is 42.5 Å². The molecule has 0 heterocycles. The zero-order valence-corrected chi connectivity index (χ0v) is 28.7. The fraction of sp³-hybridized carbons (Fsp3) is 0.583. The third-order valence-corrected chi connectivity index (χ3v) is 9.02. The van der Waals surface area contributed by atoms with Crippen LogP contribution >= 0.6 is 11.8 Å². The lowest BCUT2D eigenvalue weighted by molar-refractivity contribution is -0.142. The van der Waals surface area contributed by atoms with Crippen molar-refractivity contribution in [3.8, 4) is 11.1 Å². The van der Waals surface area contributed by atoms with Gasteiger partial charge in [0, 0.05) is 24.8 Å². The van der Waals surface area contributed by atoms with Gasteiger partial charge >= 0.3 is 12.1 Å². The van der Waals surface area contributed by atoms with Crippen LogP contribution in [-0.4, -0.2) is 71.4 Å². The van der Waals surface area contributed by atoms with Crippen molar-refractivity contribution in [3.05, 3.63) is 59.2 Å². The molecule has 0 aliphatic heterocycles. The Labute approximate surface area is 273 Å². The molecule has 9 heteroatoms. The Morgan fingerprint density at radius 2 is 1.76 bits per heavy atom. The van der Waals surface area contributed by atoms with Crippen molar-refractivity contribution in [2.24, 2.45) is 5.92 Å². The van der Waals surface area contributed by atoms with E-state index in [1.165, 1.54) is 26.4 Å². The van der Waals surface area contributed by atoms with Crippen molar-refractivity contribution in [2.45, 2.75) is 103 Å². The van der Waals surface area contributed by atoms with Gasteiger partial charge < -0.3 is 24.8 Å². The molecule has 2 aromatic carbocycles. The number of benzene rings is 2. The predicted octanol–water partition coefficient (Wildman–Crippen LogP) is 7.15. The van der Waals surface area contributed by atoms with Crippen LogP contribution in [0, 0.1) is 12.8 Å². The number of esters is 1. The molecular weight excluding hydrogens is 588 g/mol. The first-order valence-corrected chi connectivity index (χ1v) is 17.5. The number of aliphatic hydroxyl groups is 1. The van der Waals surface area contributed by atoms with Crippen molar-refractivity contribution in [1.29, 1.82) is 0 Å². The van der Waals surface area contributed by atoms with Crippen LogP contribution in [0.4, 0.5) is 4.79 Å². The van der Waals surface area contributed by atoms with Crippen molar-refractivity contribution >= 4 is 29.7 Å². The number of thioether (sulfide) groups is 1. The third-order valence-electron chi connectivity index (χ3n) is 8.38. The number of rotatable bonds is 14. The summed E-state index contributed by atoms with van der Waals surface area (Å²) in [5, 5.41) is 12.9. The molecule has 8 nitrogen and oxygen atoms in total. The Morgan fingerprint density at radius 1 is 1.04 bits per heavy atom. The van der Waals surface area contributed by atoms with E-state index in [0.717, 1.165) is 36.0 Å². The molecule has 0 spiro atoms. The second-order valence-corrected chi connectivity index (χ2v) is 14.0. The fourth-order valence-corrected chi connectivity index (χ4v) is 6.54. The van der Waals surface area contributed by atoms with E-state index in [4.69, 9.17) is 9.47 Å². The molecule has 0 bridgehead atoms. The summed E-state index contributed by atoms with van der Waals surface area (Å²) < 4.78 is 10.9. The first kappa shape index (κ1) is 36.4. The van der Waals surface area contributed by atoms with Gasteiger partial charge in [-0.15, -0.1) is 0 Å². The molecule has 1 aliphatic carbocycles. The molecule has 45 heavy (non-hydrogen) atoms. The monoisotopic (exact) mass is 640 g/mol. The van der Waals surface area contributed by atoms with Crippen LogP contribution in [-0.2, 0) is 20.8 Å². The predicted molar refractivity (Wildman–Crippen MR) is 181 cm³/mol. The Balaban J connectivity index is 2.03. The summed E-state index contributed by atoms with van der Waals surface area (Å²) in [5.74, 6) is 0.353. The Hall–Kier alpha value is -3.04. The molecule has 2 N–H and O–H groups in total. The van der Waals surface area contributed by atoms with Gasteiger partial charge in [-0.2, -0.15) is 11.8 Å². The van der Waals surface area contributed by atoms with E-state index in [1.54, 1.807) is 22.7 Å². The van der Waals surface area contributed by atoms with Crippen LogP contribution in [0.5, 0.6) is 0 Å². The number of nitrogens with zero attached hydrogens (tertiary/aromatic N) is 1. The highest BCUT2D eigenvalue weighted by atomic mass is 32.2. The van der Waals surface area contributed by atoms with Crippen molar-refractivity contribution in [3.63, 3.8) is 0 Å². The van der Waals surface area contributed by atoms with E-state index in [-0.39, 0.29) is 25.1 Å². The topological polar surface area (TPSA) is 105 Å². The van der Waals surface area contributed by atoms with Gasteiger partial charge in [0.15, 0.2) is 0 Å². The summed E-state index contributed by atoms with van der Waals surface area (Å²) in [5.41, 5.74) is 3.20. The number of nitrogens with one attached hydrogen (secondary N) is 1. The Bertz CT molecular complexity index is 1270. The molecule has 1 aliphatic rings. The highest BCUT2D eigenvalue weighted by Gasteiger charge is 2.31. The fourth-order valence-electron chi connectivity index (χ4n) is 6.07. The molecule has 2 amide bonds. The number of hydrogen-bond donors (Lipinski definition) is 2. The molecule has 1 fully saturated rings. The second-order valence-electron chi connectivity index (χ2n) is 13.0. The second kappa shape index (κ2) is 17.6. The number of methoxy groups -OCH3 is 1. The van der Waals surface area contributed by atoms with E-state index in [9.17, 15) is 19.5 Å². The number of amides is 2. The number of ether oxygens (including phenoxy) is 2. The van der Waals surface area contributed by atoms with E-state index < -0.39 is 23.7 Å². The number of aliphatic hydroxyl groups excluding tert-OH is 1. The van der Waals surface area contributed by atoms with E-state index in [1.807, 2.05) is 70.3 Å². The van der Waals surface area contributed by atoms with Crippen molar-refractivity contribution < 1.29 is 29.0 Å². The van der Waals surface area contributed by atoms with E-state index in [0.29, 0.717) is 35.6 Å². The summed E-state index contributed by atoms with van der Waals surface area (Å²) in [6.45, 7) is 7.81. The minimum atomic E-state index is -0.763. The normalized spacial score (nSPS) is 15.2. The standard InChI is InChI=1S/C36H52N2O6S/c1-25-12-10-11-15-29(25)31-23-27(16-17-30(31)33(40)37-32(19-21-45-6)34(41)43-5)24-38(35(42)44-36(2,3)4)28(18-20-39)22-26-13-8-7-9-14-26/h10-12,15-17,23,26,28,32,39H,7-9,13-14,18-22,24H2,1-6H3,(H,37,40)/t28-,32+/m1/s1. The zero-order valence-electron chi connectivity index (χ0n) is 27.9. The lowest BCUT2D eigenvalue weighted by Gasteiger charge is -2.36.